The van der Waals surface area contributed by atoms with Gasteiger partial charge in [-0.15, -0.1) is 0 Å². The van der Waals surface area contributed by atoms with Crippen molar-refractivity contribution in [2.45, 2.75) is 24.9 Å². The van der Waals surface area contributed by atoms with Gasteiger partial charge in [0, 0.05) is 31.7 Å². The van der Waals surface area contributed by atoms with Crippen LogP contribution < -0.4 is 0 Å². The Hall–Kier alpha value is -2.06. The second-order valence-electron chi connectivity index (χ2n) is 6.16. The Balaban J connectivity index is 1.80. The van der Waals surface area contributed by atoms with Gasteiger partial charge in [0.1, 0.15) is 0 Å². The second kappa shape index (κ2) is 5.24. The number of aromatic nitrogens is 2. The fourth-order valence-electron chi connectivity index (χ4n) is 3.06. The molecule has 1 aromatic heterocycles. The van der Waals surface area contributed by atoms with Crippen LogP contribution in [0.1, 0.15) is 34.9 Å². The van der Waals surface area contributed by atoms with Gasteiger partial charge in [0.2, 0.25) is 0 Å². The van der Waals surface area contributed by atoms with Crippen LogP contribution in [0.15, 0.2) is 6.07 Å². The highest BCUT2D eigenvalue weighted by Gasteiger charge is 2.53. The lowest BCUT2D eigenvalue weighted by molar-refractivity contribution is -0.187. The average Bonchev–Trinajstić information content (AvgIpc) is 3.04. The molecule has 0 bridgehead atoms. The number of carboxylic acids is 1. The SMILES string of the molecule is Cn1nc(C(=O)N2C[C@@H](C(F)(F)F)[C@H](C(=O)O)C2)cc1C1CC1. The van der Waals surface area contributed by atoms with Gasteiger partial charge in [-0.3, -0.25) is 14.3 Å². The zero-order valence-electron chi connectivity index (χ0n) is 12.4. The summed E-state index contributed by atoms with van der Waals surface area (Å²) < 4.78 is 40.5. The van der Waals surface area contributed by atoms with Gasteiger partial charge in [0.15, 0.2) is 5.69 Å². The topological polar surface area (TPSA) is 75.4 Å². The predicted molar refractivity (Wildman–Crippen MR) is 71.8 cm³/mol. The fourth-order valence-corrected chi connectivity index (χ4v) is 3.06. The molecule has 0 spiro atoms. The third kappa shape index (κ3) is 2.91. The molecule has 1 saturated carbocycles. The van der Waals surface area contributed by atoms with E-state index in [0.717, 1.165) is 23.4 Å². The van der Waals surface area contributed by atoms with Gasteiger partial charge in [-0.25, -0.2) is 0 Å². The molecule has 1 amide bonds. The zero-order chi connectivity index (χ0) is 16.9. The molecule has 2 fully saturated rings. The third-order valence-corrected chi connectivity index (χ3v) is 4.48. The van der Waals surface area contributed by atoms with Crippen molar-refractivity contribution in [1.29, 1.82) is 0 Å². The van der Waals surface area contributed by atoms with Crippen LogP contribution in [0.2, 0.25) is 0 Å². The molecule has 3 rings (SSSR count). The molecule has 6 nitrogen and oxygen atoms in total. The molecule has 126 valence electrons. The quantitative estimate of drug-likeness (QED) is 0.913. The van der Waals surface area contributed by atoms with Gasteiger partial charge in [-0.05, 0) is 18.9 Å². The van der Waals surface area contributed by atoms with Crippen molar-refractivity contribution >= 4 is 11.9 Å². The minimum Gasteiger partial charge on any atom is -0.481 e. The van der Waals surface area contributed by atoms with Crippen LogP contribution in [0, 0.1) is 11.8 Å². The summed E-state index contributed by atoms with van der Waals surface area (Å²) in [7, 11) is 1.69. The summed E-state index contributed by atoms with van der Waals surface area (Å²) in [5.41, 5.74) is 0.955. The smallest absolute Gasteiger partial charge is 0.394 e. The first-order chi connectivity index (χ1) is 10.7. The molecule has 2 atom stereocenters. The normalized spacial score (nSPS) is 25.0. The molecule has 1 aliphatic heterocycles. The number of likely N-dealkylation sites (tertiary alicyclic amines) is 1. The van der Waals surface area contributed by atoms with E-state index in [1.54, 1.807) is 17.8 Å². The Morgan fingerprint density at radius 3 is 2.43 bits per heavy atom. The molecular weight excluding hydrogens is 315 g/mol. The van der Waals surface area contributed by atoms with E-state index in [0.29, 0.717) is 5.92 Å². The van der Waals surface area contributed by atoms with Crippen molar-refractivity contribution in [3.05, 3.63) is 17.5 Å². The Labute approximate surface area is 129 Å². The average molecular weight is 331 g/mol. The largest absolute Gasteiger partial charge is 0.481 e. The van der Waals surface area contributed by atoms with Crippen LogP contribution >= 0.6 is 0 Å². The van der Waals surface area contributed by atoms with Crippen molar-refractivity contribution in [2.75, 3.05) is 13.1 Å². The molecular formula is C14H16F3N3O3. The summed E-state index contributed by atoms with van der Waals surface area (Å²) in [6, 6.07) is 1.59. The number of carbonyl (C=O) groups excluding carboxylic acids is 1. The van der Waals surface area contributed by atoms with E-state index in [1.165, 1.54) is 0 Å². The molecule has 1 saturated heterocycles. The van der Waals surface area contributed by atoms with Gasteiger partial charge in [-0.2, -0.15) is 18.3 Å². The molecule has 23 heavy (non-hydrogen) atoms. The number of nitrogens with zero attached hydrogens (tertiary/aromatic N) is 3. The highest BCUT2D eigenvalue weighted by atomic mass is 19.4. The molecule has 1 N–H and O–H groups in total. The van der Waals surface area contributed by atoms with Crippen LogP contribution in [0.3, 0.4) is 0 Å². The number of carbonyl (C=O) groups is 2. The summed E-state index contributed by atoms with van der Waals surface area (Å²) in [6.45, 7) is -1.09. The molecule has 0 aromatic carbocycles. The van der Waals surface area contributed by atoms with Crippen molar-refractivity contribution in [3.63, 3.8) is 0 Å². The third-order valence-electron chi connectivity index (χ3n) is 4.48. The number of aliphatic carboxylic acids is 1. The fraction of sp³-hybridized carbons (Fsp3) is 0.643. The summed E-state index contributed by atoms with van der Waals surface area (Å²) in [4.78, 5) is 24.4. The summed E-state index contributed by atoms with van der Waals surface area (Å²) >= 11 is 0. The van der Waals surface area contributed by atoms with Gasteiger partial charge < -0.3 is 10.0 Å². The molecule has 1 aliphatic carbocycles. The maximum atomic E-state index is 13.0. The first-order valence-corrected chi connectivity index (χ1v) is 7.31. The predicted octanol–water partition coefficient (Wildman–Crippen LogP) is 1.63. The van der Waals surface area contributed by atoms with Crippen LogP contribution in [-0.2, 0) is 11.8 Å². The number of amides is 1. The number of alkyl halides is 3. The second-order valence-corrected chi connectivity index (χ2v) is 6.16. The van der Waals surface area contributed by atoms with Gasteiger partial charge in [0.25, 0.3) is 5.91 Å². The monoisotopic (exact) mass is 331 g/mol. The van der Waals surface area contributed by atoms with Crippen molar-refractivity contribution < 1.29 is 27.9 Å². The van der Waals surface area contributed by atoms with Crippen molar-refractivity contribution in [2.24, 2.45) is 18.9 Å². The summed E-state index contributed by atoms with van der Waals surface area (Å²) in [5, 5.41) is 13.1. The minimum atomic E-state index is -4.65. The van der Waals surface area contributed by atoms with E-state index in [2.05, 4.69) is 5.10 Å². The Kier molecular flexibility index (Phi) is 3.61. The Morgan fingerprint density at radius 2 is 1.96 bits per heavy atom. The first-order valence-electron chi connectivity index (χ1n) is 7.31. The summed E-state index contributed by atoms with van der Waals surface area (Å²) in [5.74, 6) is -5.52. The van der Waals surface area contributed by atoms with Gasteiger partial charge in [-0.1, -0.05) is 0 Å². The highest BCUT2D eigenvalue weighted by Crippen LogP contribution is 2.41. The lowest BCUT2D eigenvalue weighted by Crippen LogP contribution is -2.34. The number of halogens is 3. The van der Waals surface area contributed by atoms with Crippen LogP contribution in [0.5, 0.6) is 0 Å². The number of hydrogen-bond acceptors (Lipinski definition) is 3. The minimum absolute atomic E-state index is 0.0707. The van der Waals surface area contributed by atoms with Crippen molar-refractivity contribution in [3.8, 4) is 0 Å². The van der Waals surface area contributed by atoms with Gasteiger partial charge >= 0.3 is 12.1 Å². The molecule has 1 aromatic rings. The molecule has 0 unspecified atom stereocenters. The summed E-state index contributed by atoms with van der Waals surface area (Å²) in [6.07, 6.45) is -2.64. The number of aryl methyl sites for hydroxylation is 1. The van der Waals surface area contributed by atoms with Crippen LogP contribution in [0.4, 0.5) is 13.2 Å². The van der Waals surface area contributed by atoms with Gasteiger partial charge in [0.05, 0.1) is 11.8 Å². The van der Waals surface area contributed by atoms with E-state index in [1.807, 2.05) is 0 Å². The lowest BCUT2D eigenvalue weighted by Gasteiger charge is -2.17. The maximum Gasteiger partial charge on any atom is 0.394 e. The van der Waals surface area contributed by atoms with E-state index >= 15 is 0 Å². The van der Waals surface area contributed by atoms with Crippen LogP contribution in [-0.4, -0.2) is 50.9 Å². The lowest BCUT2D eigenvalue weighted by atomic mass is 9.96. The molecule has 2 aliphatic rings. The van der Waals surface area contributed by atoms with E-state index in [9.17, 15) is 22.8 Å². The Morgan fingerprint density at radius 1 is 1.30 bits per heavy atom. The first kappa shape index (κ1) is 15.8. The zero-order valence-corrected chi connectivity index (χ0v) is 12.4. The Bertz CT molecular complexity index is 651. The van der Waals surface area contributed by atoms with Crippen molar-refractivity contribution in [1.82, 2.24) is 14.7 Å². The highest BCUT2D eigenvalue weighted by molar-refractivity contribution is 5.93. The number of rotatable bonds is 3. The molecule has 9 heteroatoms. The molecule has 2 heterocycles. The van der Waals surface area contributed by atoms with E-state index in [4.69, 9.17) is 5.11 Å². The van der Waals surface area contributed by atoms with E-state index in [-0.39, 0.29) is 5.69 Å². The molecule has 0 radical (unpaired) electrons. The standard InChI is InChI=1S/C14H16F3N3O3/c1-19-11(7-2-3-7)4-10(18-19)12(21)20-5-8(13(22)23)9(6-20)14(15,16)17/h4,7-9H,2-3,5-6H2,1H3,(H,22,23)/t8-,9-/m1/s1. The maximum absolute atomic E-state index is 13.0. The van der Waals surface area contributed by atoms with E-state index < -0.39 is 43.0 Å². The van der Waals surface area contributed by atoms with Crippen LogP contribution in [0.25, 0.3) is 0 Å². The number of carboxylic acid groups (broad SMARTS) is 1. The number of hydrogen-bond donors (Lipinski definition) is 1.